The number of fused-ring (bicyclic) bond motifs is 1. The number of ether oxygens (including phenoxy) is 2. The minimum Gasteiger partial charge on any atom is -0.497 e. The maximum absolute atomic E-state index is 6.03. The van der Waals surface area contributed by atoms with Crippen LogP contribution in [-0.2, 0) is 16.2 Å². The number of methoxy groups -OCH3 is 2. The molecule has 104 valence electrons. The van der Waals surface area contributed by atoms with Gasteiger partial charge < -0.3 is 14.0 Å². The molecule has 0 saturated carbocycles. The Morgan fingerprint density at radius 1 is 1.32 bits per heavy atom. The molecule has 0 unspecified atom stereocenters. The normalized spacial score (nSPS) is 12.1. The fraction of sp³-hybridized carbons (Fsp3) is 0.500. The minimum absolute atomic E-state index is 0.206. The first-order chi connectivity index (χ1) is 9.03. The second kappa shape index (κ2) is 5.39. The van der Waals surface area contributed by atoms with E-state index in [9.17, 15) is 0 Å². The van der Waals surface area contributed by atoms with E-state index in [0.717, 1.165) is 22.6 Å². The number of aromatic nitrogens is 2. The third-order valence-corrected chi connectivity index (χ3v) is 3.39. The number of halogens is 1. The molecule has 2 aromatic rings. The third-order valence-electron chi connectivity index (χ3n) is 3.15. The van der Waals surface area contributed by atoms with Gasteiger partial charge in [0, 0.05) is 13.2 Å². The van der Waals surface area contributed by atoms with Crippen LogP contribution in [0.1, 0.15) is 19.7 Å². The van der Waals surface area contributed by atoms with E-state index in [1.807, 2.05) is 18.2 Å². The second-order valence-electron chi connectivity index (χ2n) is 5.10. The van der Waals surface area contributed by atoms with Crippen LogP contribution in [-0.4, -0.2) is 30.4 Å². The molecule has 0 atom stereocenters. The summed E-state index contributed by atoms with van der Waals surface area (Å²) < 4.78 is 12.7. The number of rotatable bonds is 5. The number of hydrogen-bond donors (Lipinski definition) is 0. The van der Waals surface area contributed by atoms with Crippen molar-refractivity contribution in [2.24, 2.45) is 0 Å². The molecule has 0 aliphatic heterocycles. The van der Waals surface area contributed by atoms with Gasteiger partial charge in [0.1, 0.15) is 11.6 Å². The van der Waals surface area contributed by atoms with Crippen LogP contribution in [0.2, 0.25) is 0 Å². The smallest absolute Gasteiger partial charge is 0.125 e. The Labute approximate surface area is 118 Å². The minimum atomic E-state index is -0.206. The fourth-order valence-corrected chi connectivity index (χ4v) is 2.60. The zero-order valence-electron chi connectivity index (χ0n) is 11.7. The van der Waals surface area contributed by atoms with Crippen LogP contribution < -0.4 is 4.74 Å². The molecular weight excluding hydrogens is 264 g/mol. The predicted octanol–water partition coefficient (Wildman–Crippen LogP) is 3.17. The molecule has 0 aliphatic carbocycles. The van der Waals surface area contributed by atoms with Crippen LogP contribution in [0.4, 0.5) is 0 Å². The van der Waals surface area contributed by atoms with E-state index in [2.05, 4.69) is 23.4 Å². The lowest BCUT2D eigenvalue weighted by Crippen LogP contribution is -2.32. The van der Waals surface area contributed by atoms with Gasteiger partial charge >= 0.3 is 0 Å². The molecule has 0 N–H and O–H groups in total. The number of alkyl halides is 1. The summed E-state index contributed by atoms with van der Waals surface area (Å²) >= 11 is 6.03. The van der Waals surface area contributed by atoms with E-state index in [0.29, 0.717) is 12.5 Å². The molecule has 1 aromatic carbocycles. The molecule has 2 rings (SSSR count). The van der Waals surface area contributed by atoms with Gasteiger partial charge in [-0.2, -0.15) is 0 Å². The first-order valence-corrected chi connectivity index (χ1v) is 6.67. The Morgan fingerprint density at radius 3 is 2.63 bits per heavy atom. The number of nitrogens with zero attached hydrogens (tertiary/aromatic N) is 2. The van der Waals surface area contributed by atoms with Crippen molar-refractivity contribution in [3.05, 3.63) is 24.0 Å². The molecule has 0 radical (unpaired) electrons. The molecule has 0 aliphatic rings. The largest absolute Gasteiger partial charge is 0.497 e. The van der Waals surface area contributed by atoms with Crippen LogP contribution in [0.5, 0.6) is 5.75 Å². The average Bonchev–Trinajstić information content (AvgIpc) is 2.76. The molecule has 1 heterocycles. The van der Waals surface area contributed by atoms with E-state index < -0.39 is 0 Å². The van der Waals surface area contributed by atoms with Crippen LogP contribution in [0.3, 0.4) is 0 Å². The van der Waals surface area contributed by atoms with Gasteiger partial charge in [-0.25, -0.2) is 4.98 Å². The lowest BCUT2D eigenvalue weighted by molar-refractivity contribution is 0.110. The zero-order valence-corrected chi connectivity index (χ0v) is 12.5. The maximum atomic E-state index is 6.03. The van der Waals surface area contributed by atoms with E-state index in [1.54, 1.807) is 14.2 Å². The highest BCUT2D eigenvalue weighted by Gasteiger charge is 2.25. The monoisotopic (exact) mass is 282 g/mol. The molecule has 0 saturated heterocycles. The molecule has 0 fully saturated rings. The summed E-state index contributed by atoms with van der Waals surface area (Å²) in [6, 6.07) is 5.86. The van der Waals surface area contributed by atoms with Crippen LogP contribution in [0, 0.1) is 0 Å². The molecule has 19 heavy (non-hydrogen) atoms. The van der Waals surface area contributed by atoms with Crippen molar-refractivity contribution in [3.63, 3.8) is 0 Å². The maximum Gasteiger partial charge on any atom is 0.125 e. The van der Waals surface area contributed by atoms with Crippen LogP contribution in [0.25, 0.3) is 11.0 Å². The summed E-state index contributed by atoms with van der Waals surface area (Å²) in [5.41, 5.74) is 1.72. The molecule has 4 nitrogen and oxygen atoms in total. The molecule has 0 spiro atoms. The van der Waals surface area contributed by atoms with Gasteiger partial charge in [0.25, 0.3) is 0 Å². The SMILES string of the molecule is COCC(C)(C)n1c(CCl)nc2cc(OC)ccc21. The standard InChI is InChI=1S/C14H19ClN2O2/c1-14(2,9-18-3)17-12-6-5-10(19-4)7-11(12)16-13(17)8-15/h5-7H,8-9H2,1-4H3. The topological polar surface area (TPSA) is 36.3 Å². The van der Waals surface area contributed by atoms with E-state index in [4.69, 9.17) is 21.1 Å². The summed E-state index contributed by atoms with van der Waals surface area (Å²) in [6.45, 7) is 4.81. The molecule has 5 heteroatoms. The lowest BCUT2D eigenvalue weighted by Gasteiger charge is -2.28. The van der Waals surface area contributed by atoms with E-state index >= 15 is 0 Å². The summed E-state index contributed by atoms with van der Waals surface area (Å²) in [6.07, 6.45) is 0. The molecular formula is C14H19ClN2O2. The third kappa shape index (κ3) is 2.55. The fourth-order valence-electron chi connectivity index (χ4n) is 2.42. The van der Waals surface area contributed by atoms with Gasteiger partial charge in [0.05, 0.1) is 36.2 Å². The Morgan fingerprint density at radius 2 is 2.05 bits per heavy atom. The number of hydrogen-bond acceptors (Lipinski definition) is 3. The number of benzene rings is 1. The number of imidazole rings is 1. The van der Waals surface area contributed by atoms with Crippen LogP contribution in [0.15, 0.2) is 18.2 Å². The Bertz CT molecular complexity index is 578. The van der Waals surface area contributed by atoms with Gasteiger partial charge in [-0.15, -0.1) is 11.6 Å². The van der Waals surface area contributed by atoms with Crippen molar-refractivity contribution in [3.8, 4) is 5.75 Å². The van der Waals surface area contributed by atoms with E-state index in [-0.39, 0.29) is 5.54 Å². The first-order valence-electron chi connectivity index (χ1n) is 6.14. The molecule has 1 aromatic heterocycles. The van der Waals surface area contributed by atoms with Crippen molar-refractivity contribution in [2.75, 3.05) is 20.8 Å². The second-order valence-corrected chi connectivity index (χ2v) is 5.36. The van der Waals surface area contributed by atoms with Gasteiger partial charge in [-0.05, 0) is 26.0 Å². The Hall–Kier alpha value is -1.26. The van der Waals surface area contributed by atoms with Crippen molar-refractivity contribution in [1.29, 1.82) is 0 Å². The van der Waals surface area contributed by atoms with Crippen molar-refractivity contribution in [2.45, 2.75) is 25.3 Å². The van der Waals surface area contributed by atoms with Gasteiger partial charge in [0.2, 0.25) is 0 Å². The molecule has 0 bridgehead atoms. The molecule has 0 amide bonds. The highest BCUT2D eigenvalue weighted by Crippen LogP contribution is 2.28. The summed E-state index contributed by atoms with van der Waals surface area (Å²) in [7, 11) is 3.35. The van der Waals surface area contributed by atoms with E-state index in [1.165, 1.54) is 0 Å². The van der Waals surface area contributed by atoms with Gasteiger partial charge in [-0.3, -0.25) is 0 Å². The summed E-state index contributed by atoms with van der Waals surface area (Å²) in [5.74, 6) is 2.00. The first kappa shape index (κ1) is 14.2. The quantitative estimate of drug-likeness (QED) is 0.791. The van der Waals surface area contributed by atoms with Crippen LogP contribution >= 0.6 is 11.6 Å². The average molecular weight is 283 g/mol. The Balaban J connectivity index is 2.64. The van der Waals surface area contributed by atoms with Crippen molar-refractivity contribution < 1.29 is 9.47 Å². The Kier molecular flexibility index (Phi) is 4.02. The highest BCUT2D eigenvalue weighted by atomic mass is 35.5. The highest BCUT2D eigenvalue weighted by molar-refractivity contribution is 6.16. The summed E-state index contributed by atoms with van der Waals surface area (Å²) in [4.78, 5) is 4.58. The van der Waals surface area contributed by atoms with Crippen molar-refractivity contribution in [1.82, 2.24) is 9.55 Å². The van der Waals surface area contributed by atoms with Gasteiger partial charge in [0.15, 0.2) is 0 Å². The van der Waals surface area contributed by atoms with Gasteiger partial charge in [-0.1, -0.05) is 0 Å². The van der Waals surface area contributed by atoms with Crippen molar-refractivity contribution >= 4 is 22.6 Å². The summed E-state index contributed by atoms with van der Waals surface area (Å²) in [5, 5.41) is 0. The lowest BCUT2D eigenvalue weighted by atomic mass is 10.1. The predicted molar refractivity (Wildman–Crippen MR) is 77.0 cm³/mol. The zero-order chi connectivity index (χ0) is 14.0.